The molecule has 1 heterocycles. The minimum absolute atomic E-state index is 0. The Bertz CT molecular complexity index is 250. The first kappa shape index (κ1) is 13.0. The van der Waals surface area contributed by atoms with Crippen molar-refractivity contribution in [3.05, 3.63) is 22.6 Å². The number of halogens is 2. The predicted molar refractivity (Wildman–Crippen MR) is 60.0 cm³/mol. The van der Waals surface area contributed by atoms with E-state index in [4.69, 9.17) is 10.2 Å². The first-order chi connectivity index (χ1) is 5.59. The fraction of sp³-hybridized carbons (Fsp3) is 0.556. The molecule has 13 heavy (non-hydrogen) atoms. The van der Waals surface area contributed by atoms with E-state index in [1.807, 2.05) is 12.1 Å². The molecule has 1 aromatic heterocycles. The van der Waals surface area contributed by atoms with Gasteiger partial charge in [0.25, 0.3) is 0 Å². The molecular weight excluding hydrogens is 253 g/mol. The van der Waals surface area contributed by atoms with E-state index in [-0.39, 0.29) is 18.4 Å². The molecule has 1 rings (SSSR count). The van der Waals surface area contributed by atoms with Gasteiger partial charge in [-0.05, 0) is 40.4 Å². The second kappa shape index (κ2) is 5.68. The van der Waals surface area contributed by atoms with Crippen molar-refractivity contribution in [2.45, 2.75) is 26.3 Å². The molecule has 1 aromatic rings. The molecule has 0 saturated heterocycles. The highest BCUT2D eigenvalue weighted by atomic mass is 79.9. The zero-order chi connectivity index (χ0) is 9.14. The van der Waals surface area contributed by atoms with Crippen LogP contribution in [0.3, 0.4) is 0 Å². The summed E-state index contributed by atoms with van der Waals surface area (Å²) >= 11 is 3.24. The van der Waals surface area contributed by atoms with Gasteiger partial charge in [-0.15, -0.1) is 12.4 Å². The van der Waals surface area contributed by atoms with E-state index in [2.05, 4.69) is 29.8 Å². The molecule has 0 aliphatic heterocycles. The first-order valence-electron chi connectivity index (χ1n) is 4.10. The van der Waals surface area contributed by atoms with Crippen LogP contribution in [-0.4, -0.2) is 0 Å². The molecule has 0 aromatic carbocycles. The van der Waals surface area contributed by atoms with Gasteiger partial charge in [-0.1, -0.05) is 13.8 Å². The van der Waals surface area contributed by atoms with Crippen molar-refractivity contribution in [1.82, 2.24) is 0 Å². The average Bonchev–Trinajstić information content (AvgIpc) is 2.34. The van der Waals surface area contributed by atoms with Crippen molar-refractivity contribution in [3.63, 3.8) is 0 Å². The number of rotatable bonds is 3. The topological polar surface area (TPSA) is 39.2 Å². The van der Waals surface area contributed by atoms with Gasteiger partial charge < -0.3 is 10.2 Å². The SMILES string of the molecule is CC(C)C[C@@H](N)c1ccc(Br)o1.Cl. The molecule has 2 N–H and O–H groups in total. The Balaban J connectivity index is 0.00000144. The maximum absolute atomic E-state index is 5.89. The fourth-order valence-corrected chi connectivity index (χ4v) is 1.47. The van der Waals surface area contributed by atoms with Crippen molar-refractivity contribution in [1.29, 1.82) is 0 Å². The van der Waals surface area contributed by atoms with Crippen molar-refractivity contribution >= 4 is 28.3 Å². The highest BCUT2D eigenvalue weighted by Gasteiger charge is 2.11. The highest BCUT2D eigenvalue weighted by Crippen LogP contribution is 2.23. The molecule has 4 heteroatoms. The van der Waals surface area contributed by atoms with E-state index in [0.29, 0.717) is 5.92 Å². The molecule has 76 valence electrons. The van der Waals surface area contributed by atoms with Gasteiger partial charge in [-0.2, -0.15) is 0 Å². The van der Waals surface area contributed by atoms with Crippen LogP contribution in [0.15, 0.2) is 21.2 Å². The summed E-state index contributed by atoms with van der Waals surface area (Å²) in [4.78, 5) is 0. The fourth-order valence-electron chi connectivity index (χ4n) is 1.15. The van der Waals surface area contributed by atoms with E-state index < -0.39 is 0 Å². The van der Waals surface area contributed by atoms with Crippen molar-refractivity contribution < 1.29 is 4.42 Å². The molecule has 1 atom stereocenters. The zero-order valence-electron chi connectivity index (χ0n) is 7.79. The van der Waals surface area contributed by atoms with Gasteiger partial charge in [0.05, 0.1) is 6.04 Å². The smallest absolute Gasteiger partial charge is 0.169 e. The van der Waals surface area contributed by atoms with E-state index in [0.717, 1.165) is 16.9 Å². The first-order valence-corrected chi connectivity index (χ1v) is 4.89. The maximum atomic E-state index is 5.89. The quantitative estimate of drug-likeness (QED) is 0.911. The van der Waals surface area contributed by atoms with Gasteiger partial charge in [0.1, 0.15) is 5.76 Å². The lowest BCUT2D eigenvalue weighted by Gasteiger charge is -2.10. The summed E-state index contributed by atoms with van der Waals surface area (Å²) < 4.78 is 6.08. The molecule has 0 aliphatic rings. The summed E-state index contributed by atoms with van der Waals surface area (Å²) in [5, 5.41) is 0. The van der Waals surface area contributed by atoms with Crippen LogP contribution in [0.25, 0.3) is 0 Å². The van der Waals surface area contributed by atoms with Crippen LogP contribution in [0.5, 0.6) is 0 Å². The summed E-state index contributed by atoms with van der Waals surface area (Å²) in [6.45, 7) is 4.30. The third kappa shape index (κ3) is 4.16. The second-order valence-electron chi connectivity index (χ2n) is 3.38. The van der Waals surface area contributed by atoms with E-state index in [9.17, 15) is 0 Å². The summed E-state index contributed by atoms with van der Waals surface area (Å²) in [6.07, 6.45) is 0.958. The van der Waals surface area contributed by atoms with Gasteiger partial charge in [-0.3, -0.25) is 0 Å². The van der Waals surface area contributed by atoms with Gasteiger partial charge >= 0.3 is 0 Å². The highest BCUT2D eigenvalue weighted by molar-refractivity contribution is 9.10. The molecule has 0 spiro atoms. The Kier molecular flexibility index (Phi) is 5.68. The minimum atomic E-state index is 0. The zero-order valence-corrected chi connectivity index (χ0v) is 10.2. The second-order valence-corrected chi connectivity index (χ2v) is 4.16. The predicted octanol–water partition coefficient (Wildman–Crippen LogP) is 3.51. The number of nitrogens with two attached hydrogens (primary N) is 1. The summed E-state index contributed by atoms with van der Waals surface area (Å²) in [7, 11) is 0. The van der Waals surface area contributed by atoms with Crippen molar-refractivity contribution in [2.75, 3.05) is 0 Å². The van der Waals surface area contributed by atoms with Crippen LogP contribution < -0.4 is 5.73 Å². The van der Waals surface area contributed by atoms with Crippen molar-refractivity contribution in [2.24, 2.45) is 11.7 Å². The maximum Gasteiger partial charge on any atom is 0.169 e. The van der Waals surface area contributed by atoms with E-state index in [1.54, 1.807) is 0 Å². The molecule has 0 fully saturated rings. The number of hydrogen-bond acceptors (Lipinski definition) is 2. The van der Waals surface area contributed by atoms with Crippen LogP contribution in [0.4, 0.5) is 0 Å². The molecular formula is C9H15BrClNO. The van der Waals surface area contributed by atoms with Crippen molar-refractivity contribution in [3.8, 4) is 0 Å². The molecule has 0 aliphatic carbocycles. The van der Waals surface area contributed by atoms with Gasteiger partial charge in [0, 0.05) is 0 Å². The Hall–Kier alpha value is 0.01000. The van der Waals surface area contributed by atoms with Gasteiger partial charge in [0.15, 0.2) is 4.67 Å². The Morgan fingerprint density at radius 2 is 2.08 bits per heavy atom. The van der Waals surface area contributed by atoms with Crippen LogP contribution in [-0.2, 0) is 0 Å². The third-order valence-electron chi connectivity index (χ3n) is 1.68. The molecule has 0 saturated carbocycles. The molecule has 2 nitrogen and oxygen atoms in total. The third-order valence-corrected chi connectivity index (χ3v) is 2.11. The van der Waals surface area contributed by atoms with Gasteiger partial charge in [-0.25, -0.2) is 0 Å². The van der Waals surface area contributed by atoms with Crippen LogP contribution >= 0.6 is 28.3 Å². The molecule has 0 unspecified atom stereocenters. The number of hydrogen-bond donors (Lipinski definition) is 1. The minimum Gasteiger partial charge on any atom is -0.453 e. The van der Waals surface area contributed by atoms with Crippen LogP contribution in [0.2, 0.25) is 0 Å². The molecule has 0 radical (unpaired) electrons. The largest absolute Gasteiger partial charge is 0.453 e. The average molecular weight is 269 g/mol. The van der Waals surface area contributed by atoms with Gasteiger partial charge in [0.2, 0.25) is 0 Å². The molecule has 0 amide bonds. The lowest BCUT2D eigenvalue weighted by Crippen LogP contribution is -2.11. The Morgan fingerprint density at radius 1 is 1.46 bits per heavy atom. The van der Waals surface area contributed by atoms with E-state index >= 15 is 0 Å². The number of furan rings is 1. The summed E-state index contributed by atoms with van der Waals surface area (Å²) in [6, 6.07) is 3.81. The summed E-state index contributed by atoms with van der Waals surface area (Å²) in [5.41, 5.74) is 5.89. The van der Waals surface area contributed by atoms with Crippen LogP contribution in [0.1, 0.15) is 32.1 Å². The lowest BCUT2D eigenvalue weighted by atomic mass is 10.0. The molecule has 0 bridgehead atoms. The van der Waals surface area contributed by atoms with E-state index in [1.165, 1.54) is 0 Å². The normalized spacial score (nSPS) is 12.7. The Morgan fingerprint density at radius 3 is 2.46 bits per heavy atom. The Labute approximate surface area is 93.4 Å². The summed E-state index contributed by atoms with van der Waals surface area (Å²) in [5.74, 6) is 1.46. The standard InChI is InChI=1S/C9H14BrNO.ClH/c1-6(2)5-7(11)8-3-4-9(10)12-8;/h3-4,6-7H,5,11H2,1-2H3;1H/t7-;/m1./s1. The van der Waals surface area contributed by atoms with Crippen LogP contribution in [0, 0.1) is 5.92 Å². The lowest BCUT2D eigenvalue weighted by molar-refractivity contribution is 0.406. The monoisotopic (exact) mass is 267 g/mol.